The van der Waals surface area contributed by atoms with Crippen LogP contribution in [0.25, 0.3) is 6.08 Å². The second-order valence-electron chi connectivity index (χ2n) is 5.56. The molecule has 1 N–H and O–H groups in total. The van der Waals surface area contributed by atoms with Crippen LogP contribution in [-0.2, 0) is 4.79 Å². The average molecular weight is 358 g/mol. The Balaban J connectivity index is 1.83. The predicted octanol–water partition coefficient (Wildman–Crippen LogP) is 5.16. The molecule has 4 nitrogen and oxygen atoms in total. The molecule has 0 heterocycles. The summed E-state index contributed by atoms with van der Waals surface area (Å²) in [7, 11) is 0. The van der Waals surface area contributed by atoms with Crippen LogP contribution in [0.5, 0.6) is 11.5 Å². The molecule has 132 valence electrons. The number of nitrogens with one attached hydrogen (secondary N) is 1. The van der Waals surface area contributed by atoms with Gasteiger partial charge in [-0.05, 0) is 35.9 Å². The largest absolute Gasteiger partial charge is 0.452 e. The lowest BCUT2D eigenvalue weighted by atomic mass is 10.1. The highest BCUT2D eigenvalue weighted by Crippen LogP contribution is 2.31. The number of ether oxygens (including phenoxy) is 1. The Labute approximate surface area is 156 Å². The van der Waals surface area contributed by atoms with Gasteiger partial charge in [0.05, 0.1) is 5.69 Å². The van der Waals surface area contributed by atoms with Crippen molar-refractivity contribution in [2.75, 3.05) is 5.32 Å². The molecule has 0 saturated carbocycles. The van der Waals surface area contributed by atoms with Crippen molar-refractivity contribution in [1.29, 1.82) is 5.26 Å². The first kappa shape index (κ1) is 17.9. The van der Waals surface area contributed by atoms with Gasteiger partial charge < -0.3 is 10.1 Å². The number of halogens is 1. The smallest absolute Gasteiger partial charge is 0.266 e. The molecule has 0 fully saturated rings. The van der Waals surface area contributed by atoms with Gasteiger partial charge in [0.25, 0.3) is 5.91 Å². The molecular weight excluding hydrogens is 343 g/mol. The zero-order valence-corrected chi connectivity index (χ0v) is 14.2. The van der Waals surface area contributed by atoms with Crippen molar-refractivity contribution in [3.8, 4) is 17.6 Å². The second kappa shape index (κ2) is 8.45. The number of nitrogens with zero attached hydrogens (tertiary/aromatic N) is 1. The van der Waals surface area contributed by atoms with Gasteiger partial charge in [-0.1, -0.05) is 54.6 Å². The van der Waals surface area contributed by atoms with Gasteiger partial charge in [0.1, 0.15) is 11.6 Å². The quantitative estimate of drug-likeness (QED) is 0.506. The zero-order valence-electron chi connectivity index (χ0n) is 14.2. The van der Waals surface area contributed by atoms with Crippen LogP contribution in [0.4, 0.5) is 10.1 Å². The highest BCUT2D eigenvalue weighted by Gasteiger charge is 2.13. The van der Waals surface area contributed by atoms with E-state index in [0.29, 0.717) is 5.69 Å². The van der Waals surface area contributed by atoms with Crippen molar-refractivity contribution in [1.82, 2.24) is 0 Å². The monoisotopic (exact) mass is 358 g/mol. The van der Waals surface area contributed by atoms with E-state index in [1.807, 2.05) is 24.3 Å². The summed E-state index contributed by atoms with van der Waals surface area (Å²) in [5.41, 5.74) is 1.02. The van der Waals surface area contributed by atoms with Crippen LogP contribution in [0.1, 0.15) is 5.56 Å². The van der Waals surface area contributed by atoms with Gasteiger partial charge >= 0.3 is 0 Å². The molecule has 27 heavy (non-hydrogen) atoms. The van der Waals surface area contributed by atoms with Crippen molar-refractivity contribution < 1.29 is 13.9 Å². The first-order chi connectivity index (χ1) is 13.2. The number of amides is 1. The lowest BCUT2D eigenvalue weighted by Gasteiger charge is -2.12. The SMILES string of the molecule is N#C/C(=C\c1ccccc1)C(=O)Nc1ccccc1Oc1ccccc1F. The number of carbonyl (C=O) groups is 1. The van der Waals surface area contributed by atoms with Gasteiger partial charge in [-0.15, -0.1) is 0 Å². The maximum absolute atomic E-state index is 13.8. The summed E-state index contributed by atoms with van der Waals surface area (Å²) in [5, 5.41) is 12.0. The highest BCUT2D eigenvalue weighted by molar-refractivity contribution is 6.10. The van der Waals surface area contributed by atoms with E-state index in [4.69, 9.17) is 4.74 Å². The van der Waals surface area contributed by atoms with Crippen molar-refractivity contribution in [3.05, 3.63) is 95.8 Å². The molecule has 0 saturated heterocycles. The minimum Gasteiger partial charge on any atom is -0.452 e. The third kappa shape index (κ3) is 4.59. The standard InChI is InChI=1S/C22H15FN2O2/c23-18-10-4-6-12-20(18)27-21-13-7-5-11-19(21)25-22(26)17(15-24)14-16-8-2-1-3-9-16/h1-14H,(H,25,26)/b17-14+. The van der Waals surface area contributed by atoms with Gasteiger partial charge in [0.15, 0.2) is 17.3 Å². The zero-order chi connectivity index (χ0) is 19.1. The molecule has 0 radical (unpaired) electrons. The number of nitriles is 1. The molecule has 3 rings (SSSR count). The Morgan fingerprint density at radius 2 is 1.56 bits per heavy atom. The number of para-hydroxylation sites is 3. The average Bonchev–Trinajstić information content (AvgIpc) is 2.70. The maximum Gasteiger partial charge on any atom is 0.266 e. The Bertz CT molecular complexity index is 1020. The van der Waals surface area contributed by atoms with Gasteiger partial charge in [-0.3, -0.25) is 4.79 Å². The van der Waals surface area contributed by atoms with Gasteiger partial charge in [-0.2, -0.15) is 5.26 Å². The molecule has 0 atom stereocenters. The lowest BCUT2D eigenvalue weighted by Crippen LogP contribution is -2.14. The van der Waals surface area contributed by atoms with Crippen LogP contribution >= 0.6 is 0 Å². The molecule has 3 aromatic rings. The van der Waals surface area contributed by atoms with E-state index in [1.165, 1.54) is 18.2 Å². The number of benzene rings is 3. The summed E-state index contributed by atoms with van der Waals surface area (Å²) < 4.78 is 19.4. The van der Waals surface area contributed by atoms with Crippen LogP contribution < -0.4 is 10.1 Å². The molecule has 0 aliphatic heterocycles. The van der Waals surface area contributed by atoms with Crippen LogP contribution in [0.3, 0.4) is 0 Å². The van der Waals surface area contributed by atoms with Crippen LogP contribution in [0.15, 0.2) is 84.4 Å². The fourth-order valence-electron chi connectivity index (χ4n) is 2.36. The Morgan fingerprint density at radius 3 is 2.26 bits per heavy atom. The Kier molecular flexibility index (Phi) is 5.60. The normalized spacial score (nSPS) is 10.7. The number of rotatable bonds is 5. The highest BCUT2D eigenvalue weighted by atomic mass is 19.1. The van der Waals surface area contributed by atoms with E-state index in [-0.39, 0.29) is 17.1 Å². The molecule has 0 spiro atoms. The minimum absolute atomic E-state index is 0.0412. The van der Waals surface area contributed by atoms with Crippen molar-refractivity contribution in [2.24, 2.45) is 0 Å². The summed E-state index contributed by atoms with van der Waals surface area (Å²) in [5.74, 6) is -0.779. The van der Waals surface area contributed by atoms with Gasteiger partial charge in [-0.25, -0.2) is 4.39 Å². The molecule has 0 unspecified atom stereocenters. The topological polar surface area (TPSA) is 62.1 Å². The van der Waals surface area contributed by atoms with Gasteiger partial charge in [0, 0.05) is 0 Å². The van der Waals surface area contributed by atoms with Crippen molar-refractivity contribution in [2.45, 2.75) is 0 Å². The molecule has 0 aromatic heterocycles. The second-order valence-corrected chi connectivity index (χ2v) is 5.56. The summed E-state index contributed by atoms with van der Waals surface area (Å²) in [6.45, 7) is 0. The summed E-state index contributed by atoms with van der Waals surface area (Å²) in [4.78, 5) is 12.5. The summed E-state index contributed by atoms with van der Waals surface area (Å²) >= 11 is 0. The van der Waals surface area contributed by atoms with E-state index >= 15 is 0 Å². The summed E-state index contributed by atoms with van der Waals surface area (Å²) in [6, 6.07) is 23.6. The molecule has 0 aliphatic rings. The molecule has 0 aliphatic carbocycles. The van der Waals surface area contributed by atoms with Gasteiger partial charge in [0.2, 0.25) is 0 Å². The van der Waals surface area contributed by atoms with E-state index in [0.717, 1.165) is 5.56 Å². The number of anilines is 1. The maximum atomic E-state index is 13.8. The Hall–Kier alpha value is -3.91. The first-order valence-electron chi connectivity index (χ1n) is 8.17. The fraction of sp³-hybridized carbons (Fsp3) is 0. The molecule has 5 heteroatoms. The molecule has 1 amide bonds. The first-order valence-corrected chi connectivity index (χ1v) is 8.17. The van der Waals surface area contributed by atoms with E-state index in [2.05, 4.69) is 5.32 Å². The van der Waals surface area contributed by atoms with Crippen LogP contribution in [0, 0.1) is 17.1 Å². The number of hydrogen-bond acceptors (Lipinski definition) is 3. The fourth-order valence-corrected chi connectivity index (χ4v) is 2.36. The third-order valence-electron chi connectivity index (χ3n) is 3.67. The molecular formula is C22H15FN2O2. The minimum atomic E-state index is -0.578. The van der Waals surface area contributed by atoms with Crippen LogP contribution in [-0.4, -0.2) is 5.91 Å². The molecule has 3 aromatic carbocycles. The van der Waals surface area contributed by atoms with Crippen molar-refractivity contribution in [3.63, 3.8) is 0 Å². The summed E-state index contributed by atoms with van der Waals surface area (Å²) in [6.07, 6.45) is 1.50. The number of hydrogen-bond donors (Lipinski definition) is 1. The third-order valence-corrected chi connectivity index (χ3v) is 3.67. The van der Waals surface area contributed by atoms with E-state index < -0.39 is 11.7 Å². The van der Waals surface area contributed by atoms with Crippen molar-refractivity contribution >= 4 is 17.7 Å². The number of carbonyl (C=O) groups excluding carboxylic acids is 1. The predicted molar refractivity (Wildman–Crippen MR) is 102 cm³/mol. The van der Waals surface area contributed by atoms with E-state index in [9.17, 15) is 14.4 Å². The lowest BCUT2D eigenvalue weighted by molar-refractivity contribution is -0.112. The van der Waals surface area contributed by atoms with E-state index in [1.54, 1.807) is 48.5 Å². The Morgan fingerprint density at radius 1 is 0.926 bits per heavy atom. The molecule has 0 bridgehead atoms. The van der Waals surface area contributed by atoms with Crippen LogP contribution in [0.2, 0.25) is 0 Å².